The average Bonchev–Trinajstić information content (AvgIpc) is 2.99. The zero-order chi connectivity index (χ0) is 21.4. The number of aliphatic hydroxyl groups is 1. The van der Waals surface area contributed by atoms with E-state index in [0.29, 0.717) is 30.6 Å². The number of hydrogen-bond donors (Lipinski definition) is 1. The lowest BCUT2D eigenvalue weighted by molar-refractivity contribution is -0.192. The van der Waals surface area contributed by atoms with Gasteiger partial charge in [0.05, 0.1) is 20.3 Å². The van der Waals surface area contributed by atoms with Gasteiger partial charge in [-0.2, -0.15) is 0 Å². The molecule has 1 aromatic carbocycles. The van der Waals surface area contributed by atoms with Crippen molar-refractivity contribution in [2.24, 2.45) is 11.8 Å². The van der Waals surface area contributed by atoms with Crippen LogP contribution in [0.1, 0.15) is 56.3 Å². The number of methoxy groups -OCH3 is 1. The predicted molar refractivity (Wildman–Crippen MR) is 106 cm³/mol. The third-order valence-corrected chi connectivity index (χ3v) is 5.44. The Bertz CT molecular complexity index is 692. The molecule has 160 valence electrons. The fraction of sp³-hybridized carbons (Fsp3) is 0.591. The maximum atomic E-state index is 13.3. The first-order chi connectivity index (χ1) is 13.9. The minimum Gasteiger partial charge on any atom is -0.497 e. The topological polar surface area (TPSA) is 99.1 Å². The molecule has 1 aromatic rings. The van der Waals surface area contributed by atoms with Gasteiger partial charge in [-0.05, 0) is 51.0 Å². The van der Waals surface area contributed by atoms with Gasteiger partial charge in [0.1, 0.15) is 5.75 Å². The van der Waals surface area contributed by atoms with Gasteiger partial charge in [-0.3, -0.25) is 4.79 Å². The van der Waals surface area contributed by atoms with E-state index in [1.54, 1.807) is 38.1 Å². The molecule has 2 rings (SSSR count). The van der Waals surface area contributed by atoms with E-state index in [9.17, 15) is 19.5 Å². The van der Waals surface area contributed by atoms with Crippen molar-refractivity contribution in [3.63, 3.8) is 0 Å². The van der Waals surface area contributed by atoms with Gasteiger partial charge in [0.15, 0.2) is 5.78 Å². The molecule has 0 radical (unpaired) electrons. The van der Waals surface area contributed by atoms with Crippen molar-refractivity contribution in [1.82, 2.24) is 0 Å². The van der Waals surface area contributed by atoms with Gasteiger partial charge in [0, 0.05) is 17.4 Å². The smallest absolute Gasteiger partial charge is 0.350 e. The summed E-state index contributed by atoms with van der Waals surface area (Å²) in [4.78, 5) is 38.7. The Kier molecular flexibility index (Phi) is 8.20. The van der Waals surface area contributed by atoms with Gasteiger partial charge in [0.25, 0.3) is 5.60 Å². The lowest BCUT2D eigenvalue weighted by Gasteiger charge is -2.35. The Morgan fingerprint density at radius 3 is 2.03 bits per heavy atom. The second-order valence-electron chi connectivity index (χ2n) is 7.15. The van der Waals surface area contributed by atoms with E-state index >= 15 is 0 Å². The van der Waals surface area contributed by atoms with Crippen molar-refractivity contribution in [2.75, 3.05) is 20.3 Å². The summed E-state index contributed by atoms with van der Waals surface area (Å²) in [5, 5.41) is 11.3. The van der Waals surface area contributed by atoms with Gasteiger partial charge < -0.3 is 19.3 Å². The monoisotopic (exact) mass is 406 g/mol. The van der Waals surface area contributed by atoms with E-state index in [0.717, 1.165) is 12.8 Å². The summed E-state index contributed by atoms with van der Waals surface area (Å²) in [6.45, 7) is 3.20. The van der Waals surface area contributed by atoms with Crippen molar-refractivity contribution in [1.29, 1.82) is 0 Å². The highest BCUT2D eigenvalue weighted by atomic mass is 16.6. The number of rotatable bonds is 8. The predicted octanol–water partition coefficient (Wildman–Crippen LogP) is 2.93. The quantitative estimate of drug-likeness (QED) is 0.307. The third-order valence-electron chi connectivity index (χ3n) is 5.44. The lowest BCUT2D eigenvalue weighted by Crippen LogP contribution is -2.57. The summed E-state index contributed by atoms with van der Waals surface area (Å²) in [6, 6.07) is 6.66. The Morgan fingerprint density at radius 1 is 0.966 bits per heavy atom. The summed E-state index contributed by atoms with van der Waals surface area (Å²) in [5.74, 6) is -3.33. The number of ketones is 1. The number of carbonyl (C=O) groups excluding carboxylic acids is 3. The third kappa shape index (κ3) is 4.96. The zero-order valence-electron chi connectivity index (χ0n) is 17.3. The lowest BCUT2D eigenvalue weighted by atomic mass is 9.72. The second kappa shape index (κ2) is 10.4. The van der Waals surface area contributed by atoms with Crippen molar-refractivity contribution in [3.8, 4) is 5.75 Å². The highest BCUT2D eigenvalue weighted by Gasteiger charge is 2.57. The first-order valence-corrected chi connectivity index (χ1v) is 10.1. The molecule has 1 aliphatic carbocycles. The van der Waals surface area contributed by atoms with Crippen LogP contribution in [-0.4, -0.2) is 48.8 Å². The summed E-state index contributed by atoms with van der Waals surface area (Å²) >= 11 is 0. The van der Waals surface area contributed by atoms with Crippen molar-refractivity contribution < 1.29 is 33.7 Å². The normalized spacial score (nSPS) is 19.7. The molecule has 7 heteroatoms. The Morgan fingerprint density at radius 2 is 1.52 bits per heavy atom. The molecule has 1 fully saturated rings. The van der Waals surface area contributed by atoms with Crippen LogP contribution < -0.4 is 4.74 Å². The van der Waals surface area contributed by atoms with E-state index in [1.807, 2.05) is 0 Å². The highest BCUT2D eigenvalue weighted by molar-refractivity contribution is 6.05. The zero-order valence-corrected chi connectivity index (χ0v) is 17.3. The number of esters is 2. The number of benzene rings is 1. The maximum absolute atomic E-state index is 13.3. The summed E-state index contributed by atoms with van der Waals surface area (Å²) in [5.41, 5.74) is -2.07. The maximum Gasteiger partial charge on any atom is 0.350 e. The first-order valence-electron chi connectivity index (χ1n) is 10.1. The molecule has 0 aliphatic heterocycles. The van der Waals surface area contributed by atoms with Crippen molar-refractivity contribution in [2.45, 2.75) is 51.6 Å². The molecule has 0 saturated heterocycles. The highest BCUT2D eigenvalue weighted by Crippen LogP contribution is 2.40. The minimum atomic E-state index is -2.51. The molecule has 7 nitrogen and oxygen atoms in total. The molecular weight excluding hydrogens is 376 g/mol. The molecule has 1 saturated carbocycles. The summed E-state index contributed by atoms with van der Waals surface area (Å²) in [7, 11) is 1.54. The molecule has 0 unspecified atom stereocenters. The standard InChI is InChI=1S/C22H30O7/c1-4-28-20(24)22(26,21(25)29-5-2)18-10-8-6-7-9-17(18)19(23)15-11-13-16(27-3)14-12-15/h11-14,17-18,26H,4-10H2,1-3H3/t17-,18-/m1/s1. The molecular formula is C22H30O7. The van der Waals surface area contributed by atoms with Crippen LogP contribution in [0.3, 0.4) is 0 Å². The molecule has 29 heavy (non-hydrogen) atoms. The Hall–Kier alpha value is -2.41. The summed E-state index contributed by atoms with van der Waals surface area (Å²) < 4.78 is 15.2. The van der Waals surface area contributed by atoms with Gasteiger partial charge in [0.2, 0.25) is 0 Å². The van der Waals surface area contributed by atoms with Crippen LogP contribution in [0.15, 0.2) is 24.3 Å². The van der Waals surface area contributed by atoms with Crippen molar-refractivity contribution in [3.05, 3.63) is 29.8 Å². The SMILES string of the molecule is CCOC(=O)C(O)(C(=O)OCC)[C@@H]1CCCCC[C@H]1C(=O)c1ccc(OC)cc1. The number of carbonyl (C=O) groups is 3. The van der Waals surface area contributed by atoms with Crippen LogP contribution in [0.2, 0.25) is 0 Å². The van der Waals surface area contributed by atoms with Crippen LogP contribution in [0.5, 0.6) is 5.75 Å². The molecule has 0 bridgehead atoms. The van der Waals surface area contributed by atoms with Gasteiger partial charge in [-0.1, -0.05) is 19.3 Å². The van der Waals surface area contributed by atoms with Crippen LogP contribution >= 0.6 is 0 Å². The fourth-order valence-electron chi connectivity index (χ4n) is 3.96. The summed E-state index contributed by atoms with van der Waals surface area (Å²) in [6.07, 6.45) is 3.13. The molecule has 0 heterocycles. The molecule has 2 atom stereocenters. The Labute approximate surface area is 171 Å². The number of ether oxygens (including phenoxy) is 3. The number of Topliss-reactive ketones (excluding diaryl/α,β-unsaturated/α-hetero) is 1. The minimum absolute atomic E-state index is 0.00433. The molecule has 1 aliphatic rings. The van der Waals surface area contributed by atoms with Crippen molar-refractivity contribution >= 4 is 17.7 Å². The fourth-order valence-corrected chi connectivity index (χ4v) is 3.96. The van der Waals surface area contributed by atoms with E-state index in [1.165, 1.54) is 7.11 Å². The molecule has 1 N–H and O–H groups in total. The van der Waals surface area contributed by atoms with E-state index in [-0.39, 0.29) is 19.0 Å². The number of hydrogen-bond acceptors (Lipinski definition) is 7. The van der Waals surface area contributed by atoms with E-state index < -0.39 is 29.4 Å². The van der Waals surface area contributed by atoms with Gasteiger partial charge in [-0.15, -0.1) is 0 Å². The van der Waals surface area contributed by atoms with Crippen LogP contribution in [-0.2, 0) is 19.1 Å². The van der Waals surface area contributed by atoms with E-state index in [2.05, 4.69) is 0 Å². The first kappa shape index (κ1) is 22.9. The van der Waals surface area contributed by atoms with Crippen LogP contribution in [0.25, 0.3) is 0 Å². The molecule has 0 aromatic heterocycles. The molecule has 0 spiro atoms. The van der Waals surface area contributed by atoms with Crippen LogP contribution in [0.4, 0.5) is 0 Å². The van der Waals surface area contributed by atoms with Gasteiger partial charge in [-0.25, -0.2) is 9.59 Å². The Balaban J connectivity index is 2.45. The van der Waals surface area contributed by atoms with Crippen LogP contribution in [0, 0.1) is 11.8 Å². The second-order valence-corrected chi connectivity index (χ2v) is 7.15. The van der Waals surface area contributed by atoms with E-state index in [4.69, 9.17) is 14.2 Å². The molecule has 0 amide bonds. The van der Waals surface area contributed by atoms with Gasteiger partial charge >= 0.3 is 11.9 Å². The largest absolute Gasteiger partial charge is 0.497 e. The average molecular weight is 406 g/mol.